The highest BCUT2D eigenvalue weighted by atomic mass is 16.5. The van der Waals surface area contributed by atoms with Crippen molar-refractivity contribution in [1.29, 1.82) is 0 Å². The third-order valence-electron chi connectivity index (χ3n) is 2.50. The van der Waals surface area contributed by atoms with Gasteiger partial charge in [-0.2, -0.15) is 0 Å². The Hall–Kier alpha value is -1.92. The SMILES string of the molecule is COCCNC(=O)CCNCC(=O)Nc1ccccc1. The number of nitrogens with one attached hydrogen (secondary N) is 3. The maximum atomic E-state index is 11.6. The van der Waals surface area contributed by atoms with Gasteiger partial charge in [0.05, 0.1) is 13.2 Å². The molecule has 0 aliphatic heterocycles. The zero-order chi connectivity index (χ0) is 14.6. The number of benzene rings is 1. The smallest absolute Gasteiger partial charge is 0.238 e. The van der Waals surface area contributed by atoms with Crippen molar-refractivity contribution in [3.63, 3.8) is 0 Å². The lowest BCUT2D eigenvalue weighted by Gasteiger charge is -2.07. The summed E-state index contributed by atoms with van der Waals surface area (Å²) in [5.41, 5.74) is 0.761. The lowest BCUT2D eigenvalue weighted by molar-refractivity contribution is -0.121. The molecule has 0 aliphatic carbocycles. The van der Waals surface area contributed by atoms with Crippen molar-refractivity contribution in [2.75, 3.05) is 38.7 Å². The molecule has 1 rings (SSSR count). The first-order chi connectivity index (χ1) is 9.72. The molecule has 0 saturated heterocycles. The Labute approximate surface area is 118 Å². The number of ether oxygens (including phenoxy) is 1. The Kier molecular flexibility index (Phi) is 8.02. The number of hydrogen-bond donors (Lipinski definition) is 3. The summed E-state index contributed by atoms with van der Waals surface area (Å²) >= 11 is 0. The van der Waals surface area contributed by atoms with Crippen LogP contribution >= 0.6 is 0 Å². The molecule has 0 unspecified atom stereocenters. The summed E-state index contributed by atoms with van der Waals surface area (Å²) in [7, 11) is 1.58. The van der Waals surface area contributed by atoms with Crippen molar-refractivity contribution in [1.82, 2.24) is 10.6 Å². The fourth-order valence-corrected chi connectivity index (χ4v) is 1.51. The molecule has 0 fully saturated rings. The van der Waals surface area contributed by atoms with Crippen molar-refractivity contribution in [2.45, 2.75) is 6.42 Å². The molecule has 0 aromatic heterocycles. The van der Waals surface area contributed by atoms with E-state index in [2.05, 4.69) is 16.0 Å². The molecule has 3 N–H and O–H groups in total. The predicted octanol–water partition coefficient (Wildman–Crippen LogP) is 0.367. The Balaban J connectivity index is 2.06. The van der Waals surface area contributed by atoms with Crippen LogP contribution < -0.4 is 16.0 Å². The fraction of sp³-hybridized carbons (Fsp3) is 0.429. The van der Waals surface area contributed by atoms with Gasteiger partial charge in [0.1, 0.15) is 0 Å². The van der Waals surface area contributed by atoms with Gasteiger partial charge in [0.15, 0.2) is 0 Å². The third kappa shape index (κ3) is 7.50. The average molecular weight is 279 g/mol. The number of rotatable bonds is 9. The number of anilines is 1. The molecule has 0 radical (unpaired) electrons. The maximum absolute atomic E-state index is 11.6. The minimum atomic E-state index is -0.129. The second-order valence-electron chi connectivity index (χ2n) is 4.18. The molecular weight excluding hydrogens is 258 g/mol. The van der Waals surface area contributed by atoms with Gasteiger partial charge in [-0.15, -0.1) is 0 Å². The van der Waals surface area contributed by atoms with Crippen molar-refractivity contribution >= 4 is 17.5 Å². The predicted molar refractivity (Wildman–Crippen MR) is 77.4 cm³/mol. The Morgan fingerprint density at radius 3 is 2.55 bits per heavy atom. The summed E-state index contributed by atoms with van der Waals surface area (Å²) in [4.78, 5) is 22.9. The van der Waals surface area contributed by atoms with Gasteiger partial charge in [0.25, 0.3) is 0 Å². The van der Waals surface area contributed by atoms with Gasteiger partial charge in [-0.25, -0.2) is 0 Å². The van der Waals surface area contributed by atoms with E-state index in [0.29, 0.717) is 26.1 Å². The van der Waals surface area contributed by atoms with Crippen LogP contribution in [0, 0.1) is 0 Å². The van der Waals surface area contributed by atoms with E-state index >= 15 is 0 Å². The zero-order valence-electron chi connectivity index (χ0n) is 11.6. The van der Waals surface area contributed by atoms with E-state index < -0.39 is 0 Å². The second-order valence-corrected chi connectivity index (χ2v) is 4.18. The summed E-state index contributed by atoms with van der Waals surface area (Å²) in [6.07, 6.45) is 0.336. The molecule has 0 saturated carbocycles. The molecule has 0 heterocycles. The standard InChI is InChI=1S/C14H21N3O3/c1-20-10-9-16-13(18)7-8-15-11-14(19)17-12-5-3-2-4-6-12/h2-6,15H,7-11H2,1H3,(H,16,18)(H,17,19). The van der Waals surface area contributed by atoms with Crippen molar-refractivity contribution in [3.8, 4) is 0 Å². The molecule has 1 aromatic rings. The van der Waals surface area contributed by atoms with Crippen LogP contribution in [0.25, 0.3) is 0 Å². The Morgan fingerprint density at radius 2 is 1.85 bits per heavy atom. The van der Waals surface area contributed by atoms with Crippen LogP contribution in [0.15, 0.2) is 30.3 Å². The summed E-state index contributed by atoms with van der Waals surface area (Å²) in [5, 5.41) is 8.38. The van der Waals surface area contributed by atoms with Crippen LogP contribution in [0.1, 0.15) is 6.42 Å². The fourth-order valence-electron chi connectivity index (χ4n) is 1.51. The molecule has 6 heteroatoms. The number of para-hydroxylation sites is 1. The molecule has 0 spiro atoms. The Bertz CT molecular complexity index is 409. The number of methoxy groups -OCH3 is 1. The second kappa shape index (κ2) is 9.94. The van der Waals surface area contributed by atoms with Crippen LogP contribution in [0.4, 0.5) is 5.69 Å². The molecule has 0 bridgehead atoms. The highest BCUT2D eigenvalue weighted by molar-refractivity contribution is 5.92. The lowest BCUT2D eigenvalue weighted by atomic mass is 10.3. The number of carbonyl (C=O) groups is 2. The number of amides is 2. The van der Waals surface area contributed by atoms with E-state index in [-0.39, 0.29) is 18.4 Å². The summed E-state index contributed by atoms with van der Waals surface area (Å²) in [6, 6.07) is 9.24. The van der Waals surface area contributed by atoms with Crippen LogP contribution in [0.3, 0.4) is 0 Å². The van der Waals surface area contributed by atoms with Crippen LogP contribution in [0.2, 0.25) is 0 Å². The largest absolute Gasteiger partial charge is 0.383 e. The van der Waals surface area contributed by atoms with Gasteiger partial charge < -0.3 is 20.7 Å². The number of carbonyl (C=O) groups excluding carboxylic acids is 2. The van der Waals surface area contributed by atoms with Gasteiger partial charge in [0, 0.05) is 32.3 Å². The van der Waals surface area contributed by atoms with E-state index in [1.165, 1.54) is 0 Å². The molecule has 6 nitrogen and oxygen atoms in total. The van der Waals surface area contributed by atoms with Gasteiger partial charge in [-0.1, -0.05) is 18.2 Å². The highest BCUT2D eigenvalue weighted by Crippen LogP contribution is 2.03. The average Bonchev–Trinajstić information content (AvgIpc) is 2.45. The van der Waals surface area contributed by atoms with Crippen LogP contribution in [0.5, 0.6) is 0 Å². The van der Waals surface area contributed by atoms with E-state index in [4.69, 9.17) is 4.74 Å². The normalized spacial score (nSPS) is 10.1. The van der Waals surface area contributed by atoms with Crippen molar-refractivity contribution in [3.05, 3.63) is 30.3 Å². The van der Waals surface area contributed by atoms with E-state index in [1.54, 1.807) is 7.11 Å². The molecule has 0 aliphatic rings. The molecule has 2 amide bonds. The summed E-state index contributed by atoms with van der Waals surface area (Å²) in [5.74, 6) is -0.186. The molecular formula is C14H21N3O3. The van der Waals surface area contributed by atoms with E-state index in [1.807, 2.05) is 30.3 Å². The van der Waals surface area contributed by atoms with E-state index in [9.17, 15) is 9.59 Å². The van der Waals surface area contributed by atoms with Crippen LogP contribution in [-0.4, -0.2) is 45.2 Å². The number of hydrogen-bond acceptors (Lipinski definition) is 4. The first-order valence-corrected chi connectivity index (χ1v) is 6.53. The van der Waals surface area contributed by atoms with Gasteiger partial charge in [-0.05, 0) is 12.1 Å². The van der Waals surface area contributed by atoms with E-state index in [0.717, 1.165) is 5.69 Å². The van der Waals surface area contributed by atoms with Crippen LogP contribution in [-0.2, 0) is 14.3 Å². The minimum Gasteiger partial charge on any atom is -0.383 e. The Morgan fingerprint density at radius 1 is 1.10 bits per heavy atom. The quantitative estimate of drug-likeness (QED) is 0.571. The minimum absolute atomic E-state index is 0.0574. The topological polar surface area (TPSA) is 79.5 Å². The van der Waals surface area contributed by atoms with Crippen molar-refractivity contribution in [2.24, 2.45) is 0 Å². The maximum Gasteiger partial charge on any atom is 0.238 e. The molecule has 0 atom stereocenters. The molecule has 110 valence electrons. The zero-order valence-corrected chi connectivity index (χ0v) is 11.6. The summed E-state index contributed by atoms with van der Waals surface area (Å²) < 4.78 is 4.82. The highest BCUT2D eigenvalue weighted by Gasteiger charge is 2.03. The first kappa shape index (κ1) is 16.1. The third-order valence-corrected chi connectivity index (χ3v) is 2.50. The lowest BCUT2D eigenvalue weighted by Crippen LogP contribution is -2.33. The van der Waals surface area contributed by atoms with Gasteiger partial charge in [0.2, 0.25) is 11.8 Å². The monoisotopic (exact) mass is 279 g/mol. The summed E-state index contributed by atoms with van der Waals surface area (Å²) in [6.45, 7) is 1.64. The molecule has 20 heavy (non-hydrogen) atoms. The van der Waals surface area contributed by atoms with Gasteiger partial charge in [-0.3, -0.25) is 9.59 Å². The van der Waals surface area contributed by atoms with Gasteiger partial charge >= 0.3 is 0 Å². The van der Waals surface area contributed by atoms with Crippen molar-refractivity contribution < 1.29 is 14.3 Å². The molecule has 1 aromatic carbocycles. The first-order valence-electron chi connectivity index (χ1n) is 6.53.